The minimum absolute atomic E-state index is 0.0235. The van der Waals surface area contributed by atoms with E-state index in [1.807, 2.05) is 13.8 Å². The molecule has 0 saturated carbocycles. The van der Waals surface area contributed by atoms with Gasteiger partial charge < -0.3 is 5.32 Å². The smallest absolute Gasteiger partial charge is 0.313 e. The van der Waals surface area contributed by atoms with Crippen LogP contribution in [0, 0.1) is 0 Å². The molecule has 0 aliphatic rings. The first-order valence-electron chi connectivity index (χ1n) is 3.89. The van der Waals surface area contributed by atoms with E-state index in [1.54, 1.807) is 0 Å². The van der Waals surface area contributed by atoms with Crippen LogP contribution in [0.5, 0.6) is 0 Å². The van der Waals surface area contributed by atoms with Gasteiger partial charge in [0.15, 0.2) is 0 Å². The lowest BCUT2D eigenvalue weighted by molar-refractivity contribution is -0.0327. The number of hydrogen-bond acceptors (Lipinski definition) is 2. The second kappa shape index (κ2) is 5.70. The summed E-state index contributed by atoms with van der Waals surface area (Å²) in [6, 6.07) is 0.304. The summed E-state index contributed by atoms with van der Waals surface area (Å²) >= 11 is 0.0235. The van der Waals surface area contributed by atoms with E-state index in [2.05, 4.69) is 5.32 Å². The quantitative estimate of drug-likeness (QED) is 0.686. The topological polar surface area (TPSA) is 12.0 Å². The highest BCUT2D eigenvalue weighted by Gasteiger charge is 2.27. The van der Waals surface area contributed by atoms with E-state index in [0.29, 0.717) is 12.6 Å². The van der Waals surface area contributed by atoms with Crippen molar-refractivity contribution in [3.8, 4) is 0 Å². The average Bonchev–Trinajstić information content (AvgIpc) is 1.96. The summed E-state index contributed by atoms with van der Waals surface area (Å²) in [7, 11) is 0. The number of thioether (sulfide) groups is 1. The molecule has 0 aromatic rings. The molecule has 1 unspecified atom stereocenters. The molecule has 1 N–H and O–H groups in total. The maximum absolute atomic E-state index is 11.6. The number of rotatable bonds is 5. The molecule has 12 heavy (non-hydrogen) atoms. The van der Waals surface area contributed by atoms with Crippen LogP contribution >= 0.6 is 11.8 Å². The van der Waals surface area contributed by atoms with Gasteiger partial charge in [0.1, 0.15) is 0 Å². The molecule has 0 spiro atoms. The lowest BCUT2D eigenvalue weighted by Crippen LogP contribution is -2.27. The van der Waals surface area contributed by atoms with Crippen LogP contribution in [0.25, 0.3) is 0 Å². The van der Waals surface area contributed by atoms with Crippen molar-refractivity contribution in [2.24, 2.45) is 0 Å². The minimum atomic E-state index is -4.09. The molecule has 1 atom stereocenters. The summed E-state index contributed by atoms with van der Waals surface area (Å²) in [6.45, 7) is 4.37. The lowest BCUT2D eigenvalue weighted by Gasteiger charge is -2.11. The largest absolute Gasteiger partial charge is 0.441 e. The van der Waals surface area contributed by atoms with Gasteiger partial charge in [0, 0.05) is 18.3 Å². The molecule has 0 bridgehead atoms. The molecule has 0 aromatic heterocycles. The van der Waals surface area contributed by atoms with Crippen LogP contribution in [0.2, 0.25) is 0 Å². The molecular formula is C7H14F3NS. The molecule has 0 saturated heterocycles. The second-order valence-electron chi connectivity index (χ2n) is 2.56. The molecule has 1 nitrogen and oxygen atoms in total. The first-order valence-corrected chi connectivity index (χ1v) is 4.88. The summed E-state index contributed by atoms with van der Waals surface area (Å²) in [4.78, 5) is 0. The number of alkyl halides is 3. The summed E-state index contributed by atoms with van der Waals surface area (Å²) in [6.07, 6.45) is 0.941. The first kappa shape index (κ1) is 12.1. The van der Waals surface area contributed by atoms with Gasteiger partial charge >= 0.3 is 5.51 Å². The fourth-order valence-electron chi connectivity index (χ4n) is 0.616. The third-order valence-electron chi connectivity index (χ3n) is 1.47. The van der Waals surface area contributed by atoms with Crippen LogP contribution in [0.4, 0.5) is 13.2 Å². The zero-order valence-electron chi connectivity index (χ0n) is 7.24. The summed E-state index contributed by atoms with van der Waals surface area (Å²) < 4.78 is 34.8. The first-order chi connectivity index (χ1) is 5.45. The Morgan fingerprint density at radius 1 is 1.42 bits per heavy atom. The molecule has 0 amide bonds. The molecule has 0 fully saturated rings. The van der Waals surface area contributed by atoms with Crippen molar-refractivity contribution in [3.05, 3.63) is 0 Å². The molecule has 5 heteroatoms. The predicted molar refractivity (Wildman–Crippen MR) is 46.3 cm³/mol. The van der Waals surface area contributed by atoms with Crippen molar-refractivity contribution in [1.29, 1.82) is 0 Å². The normalized spacial score (nSPS) is 14.8. The molecule has 0 rings (SSSR count). The van der Waals surface area contributed by atoms with Gasteiger partial charge in [-0.25, -0.2) is 0 Å². The Morgan fingerprint density at radius 2 is 2.00 bits per heavy atom. The van der Waals surface area contributed by atoms with Gasteiger partial charge in [0.05, 0.1) is 0 Å². The van der Waals surface area contributed by atoms with Crippen LogP contribution in [0.1, 0.15) is 20.3 Å². The van der Waals surface area contributed by atoms with E-state index in [-0.39, 0.29) is 17.5 Å². The summed E-state index contributed by atoms with van der Waals surface area (Å²) in [5.41, 5.74) is -4.09. The van der Waals surface area contributed by atoms with Gasteiger partial charge in [-0.05, 0) is 25.1 Å². The fraction of sp³-hybridized carbons (Fsp3) is 1.00. The Labute approximate surface area is 75.1 Å². The third kappa shape index (κ3) is 8.20. The molecule has 0 radical (unpaired) electrons. The van der Waals surface area contributed by atoms with Crippen molar-refractivity contribution in [1.82, 2.24) is 5.32 Å². The average molecular weight is 201 g/mol. The zero-order chi connectivity index (χ0) is 9.61. The van der Waals surface area contributed by atoms with E-state index in [9.17, 15) is 13.2 Å². The van der Waals surface area contributed by atoms with Crippen LogP contribution < -0.4 is 5.32 Å². The van der Waals surface area contributed by atoms with Crippen LogP contribution in [-0.2, 0) is 0 Å². The molecular weight excluding hydrogens is 187 g/mol. The Morgan fingerprint density at radius 3 is 2.42 bits per heavy atom. The Kier molecular flexibility index (Phi) is 5.74. The van der Waals surface area contributed by atoms with Gasteiger partial charge in [0.2, 0.25) is 0 Å². The van der Waals surface area contributed by atoms with Gasteiger partial charge in [-0.2, -0.15) is 13.2 Å². The standard InChI is InChI=1S/C7H14F3NS/c1-3-6(2)11-4-5-12-7(8,9)10/h6,11H,3-5H2,1-2H3. The number of halogens is 3. The van der Waals surface area contributed by atoms with Crippen LogP contribution in [0.15, 0.2) is 0 Å². The monoisotopic (exact) mass is 201 g/mol. The van der Waals surface area contributed by atoms with Crippen molar-refractivity contribution >= 4 is 11.8 Å². The molecule has 0 aliphatic heterocycles. The van der Waals surface area contributed by atoms with E-state index in [1.165, 1.54) is 0 Å². The Hall–Kier alpha value is 0.100. The predicted octanol–water partition coefficient (Wildman–Crippen LogP) is 2.63. The highest BCUT2D eigenvalue weighted by atomic mass is 32.2. The number of hydrogen-bond donors (Lipinski definition) is 1. The van der Waals surface area contributed by atoms with E-state index in [4.69, 9.17) is 0 Å². The van der Waals surface area contributed by atoms with E-state index >= 15 is 0 Å². The SMILES string of the molecule is CCC(C)NCCSC(F)(F)F. The minimum Gasteiger partial charge on any atom is -0.313 e. The van der Waals surface area contributed by atoms with E-state index in [0.717, 1.165) is 6.42 Å². The highest BCUT2D eigenvalue weighted by Crippen LogP contribution is 2.29. The van der Waals surface area contributed by atoms with Gasteiger partial charge in [-0.3, -0.25) is 0 Å². The maximum Gasteiger partial charge on any atom is 0.441 e. The number of nitrogens with one attached hydrogen (secondary N) is 1. The molecule has 74 valence electrons. The summed E-state index contributed by atoms with van der Waals surface area (Å²) in [5.74, 6) is 0.0911. The second-order valence-corrected chi connectivity index (χ2v) is 3.72. The fourth-order valence-corrected chi connectivity index (χ4v) is 1.07. The maximum atomic E-state index is 11.6. The van der Waals surface area contributed by atoms with Gasteiger partial charge in [0.25, 0.3) is 0 Å². The highest BCUT2D eigenvalue weighted by molar-refractivity contribution is 8.00. The Balaban J connectivity index is 3.22. The van der Waals surface area contributed by atoms with Crippen molar-refractivity contribution in [3.63, 3.8) is 0 Å². The lowest BCUT2D eigenvalue weighted by atomic mass is 10.3. The van der Waals surface area contributed by atoms with Crippen molar-refractivity contribution < 1.29 is 13.2 Å². The molecule has 0 aliphatic carbocycles. The van der Waals surface area contributed by atoms with Crippen LogP contribution in [0.3, 0.4) is 0 Å². The third-order valence-corrected chi connectivity index (χ3v) is 2.21. The molecule has 0 aromatic carbocycles. The molecule has 0 heterocycles. The van der Waals surface area contributed by atoms with Crippen LogP contribution in [-0.4, -0.2) is 23.8 Å². The Bertz CT molecular complexity index is 116. The van der Waals surface area contributed by atoms with Crippen molar-refractivity contribution in [2.45, 2.75) is 31.8 Å². The van der Waals surface area contributed by atoms with Gasteiger partial charge in [-0.1, -0.05) is 6.92 Å². The summed E-state index contributed by atoms with van der Waals surface area (Å²) in [5, 5.41) is 2.98. The van der Waals surface area contributed by atoms with Gasteiger partial charge in [-0.15, -0.1) is 0 Å². The van der Waals surface area contributed by atoms with Crippen molar-refractivity contribution in [2.75, 3.05) is 12.3 Å². The zero-order valence-corrected chi connectivity index (χ0v) is 8.06. The van der Waals surface area contributed by atoms with E-state index < -0.39 is 5.51 Å².